The maximum absolute atomic E-state index is 13.9. The highest BCUT2D eigenvalue weighted by molar-refractivity contribution is 7.80. The lowest BCUT2D eigenvalue weighted by molar-refractivity contribution is 0.333. The van der Waals surface area contributed by atoms with Crippen molar-refractivity contribution in [3.05, 3.63) is 47.1 Å². The second-order valence-corrected chi connectivity index (χ2v) is 5.24. The number of benzene rings is 1. The second kappa shape index (κ2) is 8.59. The summed E-state index contributed by atoms with van der Waals surface area (Å²) in [5.41, 5.74) is 0.516. The number of anilines is 1. The Labute approximate surface area is 144 Å². The monoisotopic (exact) mass is 354 g/mol. The standard InChI is InChI=1S/C15H16ClFN4OS/c1-2-22-12-5-3-4-11(17)10(12)6-7-20-15(23)21-14-13(16)18-8-9-19-14/h3-5,8-9H,2,6-7H2,1H3,(H2,19,20,21,23). The van der Waals surface area contributed by atoms with Crippen LogP contribution in [0.2, 0.25) is 5.15 Å². The second-order valence-electron chi connectivity index (χ2n) is 4.48. The first-order chi connectivity index (χ1) is 11.1. The van der Waals surface area contributed by atoms with Crippen molar-refractivity contribution >= 4 is 34.7 Å². The molecule has 2 aromatic rings. The van der Waals surface area contributed by atoms with Gasteiger partial charge < -0.3 is 15.4 Å². The lowest BCUT2D eigenvalue weighted by Gasteiger charge is -2.13. The molecule has 0 aliphatic rings. The number of aromatic nitrogens is 2. The van der Waals surface area contributed by atoms with E-state index in [1.165, 1.54) is 18.5 Å². The first kappa shape index (κ1) is 17.4. The van der Waals surface area contributed by atoms with Crippen molar-refractivity contribution in [2.75, 3.05) is 18.5 Å². The predicted octanol–water partition coefficient (Wildman–Crippen LogP) is 3.20. The molecule has 0 fully saturated rings. The van der Waals surface area contributed by atoms with Crippen LogP contribution in [0.1, 0.15) is 12.5 Å². The van der Waals surface area contributed by atoms with E-state index in [4.69, 9.17) is 28.6 Å². The van der Waals surface area contributed by atoms with Crippen molar-refractivity contribution in [3.63, 3.8) is 0 Å². The molecule has 2 N–H and O–H groups in total. The minimum Gasteiger partial charge on any atom is -0.493 e. The fourth-order valence-corrected chi connectivity index (χ4v) is 2.28. The molecule has 2 rings (SSSR count). The molecule has 0 aliphatic heterocycles. The first-order valence-corrected chi connectivity index (χ1v) is 7.82. The number of halogens is 2. The molecule has 0 radical (unpaired) electrons. The maximum atomic E-state index is 13.9. The van der Waals surface area contributed by atoms with Crippen LogP contribution in [-0.4, -0.2) is 28.2 Å². The van der Waals surface area contributed by atoms with E-state index >= 15 is 0 Å². The van der Waals surface area contributed by atoms with Gasteiger partial charge in [-0.1, -0.05) is 17.7 Å². The fourth-order valence-electron chi connectivity index (χ4n) is 1.93. The Morgan fingerprint density at radius 1 is 1.35 bits per heavy atom. The molecule has 0 atom stereocenters. The number of thiocarbonyl (C=S) groups is 1. The van der Waals surface area contributed by atoms with Gasteiger partial charge in [-0.2, -0.15) is 0 Å². The van der Waals surface area contributed by atoms with Gasteiger partial charge in [-0.15, -0.1) is 0 Å². The van der Waals surface area contributed by atoms with Gasteiger partial charge in [-0.3, -0.25) is 0 Å². The quantitative estimate of drug-likeness (QED) is 0.777. The van der Waals surface area contributed by atoms with Crippen LogP contribution in [0, 0.1) is 5.82 Å². The molecule has 0 aliphatic carbocycles. The van der Waals surface area contributed by atoms with E-state index in [9.17, 15) is 4.39 Å². The van der Waals surface area contributed by atoms with Crippen LogP contribution in [0.3, 0.4) is 0 Å². The molecule has 0 spiro atoms. The van der Waals surface area contributed by atoms with E-state index in [1.54, 1.807) is 12.1 Å². The molecule has 8 heteroatoms. The molecular weight excluding hydrogens is 339 g/mol. The lowest BCUT2D eigenvalue weighted by atomic mass is 10.1. The normalized spacial score (nSPS) is 10.2. The third-order valence-electron chi connectivity index (χ3n) is 2.92. The highest BCUT2D eigenvalue weighted by atomic mass is 35.5. The third kappa shape index (κ3) is 5.01. The van der Waals surface area contributed by atoms with Gasteiger partial charge in [0.15, 0.2) is 16.1 Å². The van der Waals surface area contributed by atoms with Gasteiger partial charge in [-0.25, -0.2) is 14.4 Å². The summed E-state index contributed by atoms with van der Waals surface area (Å²) < 4.78 is 19.3. The zero-order chi connectivity index (χ0) is 16.7. The summed E-state index contributed by atoms with van der Waals surface area (Å²) in [4.78, 5) is 7.91. The SMILES string of the molecule is CCOc1cccc(F)c1CCNC(=S)Nc1nccnc1Cl. The molecule has 0 saturated heterocycles. The first-order valence-electron chi connectivity index (χ1n) is 7.03. The van der Waals surface area contributed by atoms with Gasteiger partial charge in [0.25, 0.3) is 0 Å². The zero-order valence-electron chi connectivity index (χ0n) is 12.5. The summed E-state index contributed by atoms with van der Waals surface area (Å²) in [7, 11) is 0. The van der Waals surface area contributed by atoms with Crippen molar-refractivity contribution in [1.29, 1.82) is 0 Å². The van der Waals surface area contributed by atoms with Crippen LogP contribution in [0.25, 0.3) is 0 Å². The van der Waals surface area contributed by atoms with Crippen molar-refractivity contribution in [2.24, 2.45) is 0 Å². The molecule has 0 bridgehead atoms. The summed E-state index contributed by atoms with van der Waals surface area (Å²) in [5.74, 6) is 0.617. The van der Waals surface area contributed by atoms with E-state index in [-0.39, 0.29) is 11.0 Å². The highest BCUT2D eigenvalue weighted by Gasteiger charge is 2.10. The van der Waals surface area contributed by atoms with Crippen molar-refractivity contribution in [3.8, 4) is 5.75 Å². The Kier molecular flexibility index (Phi) is 6.49. The Bertz CT molecular complexity index is 686. The number of nitrogens with one attached hydrogen (secondary N) is 2. The Balaban J connectivity index is 1.90. The number of hydrogen-bond acceptors (Lipinski definition) is 4. The Hall–Kier alpha value is -1.99. The molecule has 0 unspecified atom stereocenters. The van der Waals surface area contributed by atoms with Gasteiger partial charge in [0.05, 0.1) is 6.61 Å². The smallest absolute Gasteiger partial charge is 0.172 e. The van der Waals surface area contributed by atoms with E-state index in [2.05, 4.69) is 20.6 Å². The molecule has 1 aromatic heterocycles. The van der Waals surface area contributed by atoms with Gasteiger partial charge in [0, 0.05) is 24.5 Å². The van der Waals surface area contributed by atoms with Gasteiger partial charge in [0.1, 0.15) is 11.6 Å². The number of ether oxygens (including phenoxy) is 1. The predicted molar refractivity (Wildman–Crippen MR) is 92.5 cm³/mol. The van der Waals surface area contributed by atoms with E-state index in [0.717, 1.165) is 0 Å². The molecule has 0 amide bonds. The Morgan fingerprint density at radius 3 is 2.87 bits per heavy atom. The van der Waals surface area contributed by atoms with E-state index in [1.807, 2.05) is 6.92 Å². The third-order valence-corrected chi connectivity index (χ3v) is 3.44. The Morgan fingerprint density at radius 2 is 2.13 bits per heavy atom. The summed E-state index contributed by atoms with van der Waals surface area (Å²) >= 11 is 11.0. The van der Waals surface area contributed by atoms with Gasteiger partial charge in [-0.05, 0) is 37.7 Å². The lowest BCUT2D eigenvalue weighted by Crippen LogP contribution is -2.30. The minimum atomic E-state index is -0.298. The minimum absolute atomic E-state index is 0.226. The number of nitrogens with zero attached hydrogens (tertiary/aromatic N) is 2. The van der Waals surface area contributed by atoms with Crippen LogP contribution in [-0.2, 0) is 6.42 Å². The topological polar surface area (TPSA) is 59.1 Å². The largest absolute Gasteiger partial charge is 0.493 e. The summed E-state index contributed by atoms with van der Waals surface area (Å²) in [6.45, 7) is 2.77. The van der Waals surface area contributed by atoms with Gasteiger partial charge >= 0.3 is 0 Å². The number of rotatable bonds is 6. The summed E-state index contributed by atoms with van der Waals surface area (Å²) in [5, 5.41) is 6.38. The van der Waals surface area contributed by atoms with Crippen LogP contribution < -0.4 is 15.4 Å². The molecule has 5 nitrogen and oxygen atoms in total. The summed E-state index contributed by atoms with van der Waals surface area (Å²) in [6, 6.07) is 4.78. The molecule has 122 valence electrons. The van der Waals surface area contributed by atoms with Crippen molar-refractivity contribution in [1.82, 2.24) is 15.3 Å². The molecule has 1 heterocycles. The molecule has 1 aromatic carbocycles. The van der Waals surface area contributed by atoms with Gasteiger partial charge in [0.2, 0.25) is 0 Å². The van der Waals surface area contributed by atoms with E-state index < -0.39 is 0 Å². The fraction of sp³-hybridized carbons (Fsp3) is 0.267. The van der Waals surface area contributed by atoms with Crippen LogP contribution in [0.5, 0.6) is 5.75 Å². The highest BCUT2D eigenvalue weighted by Crippen LogP contribution is 2.21. The van der Waals surface area contributed by atoms with Crippen molar-refractivity contribution < 1.29 is 9.13 Å². The maximum Gasteiger partial charge on any atom is 0.172 e. The van der Waals surface area contributed by atoms with Crippen LogP contribution in [0.15, 0.2) is 30.6 Å². The van der Waals surface area contributed by atoms with Crippen molar-refractivity contribution in [2.45, 2.75) is 13.3 Å². The zero-order valence-corrected chi connectivity index (χ0v) is 14.0. The average molecular weight is 355 g/mol. The van der Waals surface area contributed by atoms with Crippen LogP contribution in [0.4, 0.5) is 10.2 Å². The number of hydrogen-bond donors (Lipinski definition) is 2. The summed E-state index contributed by atoms with van der Waals surface area (Å²) in [6.07, 6.45) is 3.42. The molecular formula is C15H16ClFN4OS. The van der Waals surface area contributed by atoms with E-state index in [0.29, 0.717) is 41.8 Å². The molecule has 0 saturated carbocycles. The van der Waals surface area contributed by atoms with Crippen LogP contribution >= 0.6 is 23.8 Å². The molecule has 23 heavy (non-hydrogen) atoms. The average Bonchev–Trinajstić information content (AvgIpc) is 2.52.